The number of carboxylic acid groups (broad SMARTS) is 2. The number of carbonyl (C=O) groups is 2. The van der Waals surface area contributed by atoms with Crippen molar-refractivity contribution in [3.63, 3.8) is 0 Å². The maximum atomic E-state index is 10.9. The topological polar surface area (TPSA) is 86.6 Å². The van der Waals surface area contributed by atoms with Crippen LogP contribution in [0.1, 0.15) is 44.9 Å². The van der Waals surface area contributed by atoms with Crippen molar-refractivity contribution in [1.82, 2.24) is 5.32 Å². The standard InChI is InChI=1S/C11H19NO4/c13-10(14)7-9(11(15)16)12-8-5-3-1-2-4-6-8/h8-9,12H,1-7H2,(H,13,14)(H,15,16). The zero-order valence-corrected chi connectivity index (χ0v) is 9.32. The van der Waals surface area contributed by atoms with Gasteiger partial charge in [0.15, 0.2) is 0 Å². The lowest BCUT2D eigenvalue weighted by molar-refractivity contribution is -0.146. The summed E-state index contributed by atoms with van der Waals surface area (Å²) in [6.45, 7) is 0. The van der Waals surface area contributed by atoms with Crippen LogP contribution in [0.5, 0.6) is 0 Å². The molecule has 0 aromatic rings. The van der Waals surface area contributed by atoms with Gasteiger partial charge >= 0.3 is 11.9 Å². The highest BCUT2D eigenvalue weighted by atomic mass is 16.4. The second kappa shape index (κ2) is 6.48. The van der Waals surface area contributed by atoms with E-state index in [0.29, 0.717) is 0 Å². The van der Waals surface area contributed by atoms with E-state index in [1.54, 1.807) is 0 Å². The molecule has 0 spiro atoms. The maximum Gasteiger partial charge on any atom is 0.321 e. The van der Waals surface area contributed by atoms with Gasteiger partial charge in [0.1, 0.15) is 6.04 Å². The lowest BCUT2D eigenvalue weighted by atomic mass is 10.1. The van der Waals surface area contributed by atoms with Crippen LogP contribution in [0.25, 0.3) is 0 Å². The number of rotatable bonds is 5. The Hall–Kier alpha value is -1.10. The van der Waals surface area contributed by atoms with Gasteiger partial charge in [0, 0.05) is 6.04 Å². The van der Waals surface area contributed by atoms with E-state index in [2.05, 4.69) is 5.32 Å². The fraction of sp³-hybridized carbons (Fsp3) is 0.818. The van der Waals surface area contributed by atoms with Crippen molar-refractivity contribution in [2.45, 2.75) is 57.0 Å². The first kappa shape index (κ1) is 13.0. The van der Waals surface area contributed by atoms with Crippen molar-refractivity contribution in [3.05, 3.63) is 0 Å². The first-order chi connectivity index (χ1) is 7.59. The molecule has 0 aliphatic heterocycles. The SMILES string of the molecule is O=C(O)CC(NC1CCCCCC1)C(=O)O. The summed E-state index contributed by atoms with van der Waals surface area (Å²) in [5, 5.41) is 20.5. The van der Waals surface area contributed by atoms with E-state index >= 15 is 0 Å². The minimum atomic E-state index is -1.08. The van der Waals surface area contributed by atoms with Crippen LogP contribution in [0.4, 0.5) is 0 Å². The number of hydrogen-bond donors (Lipinski definition) is 3. The monoisotopic (exact) mass is 229 g/mol. The highest BCUT2D eigenvalue weighted by molar-refractivity contribution is 5.80. The summed E-state index contributed by atoms with van der Waals surface area (Å²) < 4.78 is 0. The van der Waals surface area contributed by atoms with Crippen molar-refractivity contribution in [2.24, 2.45) is 0 Å². The molecule has 0 radical (unpaired) electrons. The van der Waals surface area contributed by atoms with Gasteiger partial charge in [0.05, 0.1) is 6.42 Å². The molecule has 1 aliphatic rings. The molecule has 0 bridgehead atoms. The molecule has 0 saturated heterocycles. The summed E-state index contributed by atoms with van der Waals surface area (Å²) in [6, 6.07) is -0.802. The molecule has 1 rings (SSSR count). The van der Waals surface area contributed by atoms with Crippen LogP contribution in [-0.4, -0.2) is 34.2 Å². The Morgan fingerprint density at radius 2 is 1.69 bits per heavy atom. The molecule has 0 aromatic heterocycles. The number of nitrogens with one attached hydrogen (secondary N) is 1. The van der Waals surface area contributed by atoms with E-state index in [1.807, 2.05) is 0 Å². The van der Waals surface area contributed by atoms with Gasteiger partial charge in [-0.1, -0.05) is 25.7 Å². The first-order valence-corrected chi connectivity index (χ1v) is 5.80. The smallest absolute Gasteiger partial charge is 0.321 e. The summed E-state index contributed by atoms with van der Waals surface area (Å²) in [7, 11) is 0. The predicted octanol–water partition coefficient (Wildman–Crippen LogP) is 1.23. The molecule has 16 heavy (non-hydrogen) atoms. The van der Waals surface area contributed by atoms with E-state index in [9.17, 15) is 9.59 Å². The van der Waals surface area contributed by atoms with Gasteiger partial charge in [-0.25, -0.2) is 0 Å². The second-order valence-corrected chi connectivity index (χ2v) is 4.34. The van der Waals surface area contributed by atoms with Crippen LogP contribution in [0.15, 0.2) is 0 Å². The van der Waals surface area contributed by atoms with Crippen molar-refractivity contribution < 1.29 is 19.8 Å². The molecular formula is C11H19NO4. The van der Waals surface area contributed by atoms with Crippen molar-refractivity contribution in [2.75, 3.05) is 0 Å². The van der Waals surface area contributed by atoms with Gasteiger partial charge in [-0.15, -0.1) is 0 Å². The average molecular weight is 229 g/mol. The van der Waals surface area contributed by atoms with Crippen molar-refractivity contribution >= 4 is 11.9 Å². The van der Waals surface area contributed by atoms with Crippen LogP contribution >= 0.6 is 0 Å². The average Bonchev–Trinajstić information content (AvgIpc) is 2.44. The Balaban J connectivity index is 2.45. The molecule has 1 aliphatic carbocycles. The zero-order chi connectivity index (χ0) is 12.0. The Morgan fingerprint density at radius 1 is 1.12 bits per heavy atom. The Bertz CT molecular complexity index is 246. The highest BCUT2D eigenvalue weighted by Gasteiger charge is 2.24. The summed E-state index contributed by atoms with van der Waals surface area (Å²) in [5.74, 6) is -2.15. The molecule has 5 nitrogen and oxygen atoms in total. The molecule has 0 aromatic carbocycles. The van der Waals surface area contributed by atoms with Crippen LogP contribution < -0.4 is 5.32 Å². The fourth-order valence-corrected chi connectivity index (χ4v) is 2.12. The van der Waals surface area contributed by atoms with E-state index in [4.69, 9.17) is 10.2 Å². The Labute approximate surface area is 94.8 Å². The Kier molecular flexibility index (Phi) is 5.25. The maximum absolute atomic E-state index is 10.9. The number of carboxylic acids is 2. The summed E-state index contributed by atoms with van der Waals surface area (Å²) in [4.78, 5) is 21.4. The van der Waals surface area contributed by atoms with Crippen LogP contribution in [-0.2, 0) is 9.59 Å². The molecule has 5 heteroatoms. The van der Waals surface area contributed by atoms with E-state index in [-0.39, 0.29) is 12.5 Å². The third-order valence-electron chi connectivity index (χ3n) is 2.97. The summed E-state index contributed by atoms with van der Waals surface area (Å²) in [6.07, 6.45) is 6.11. The molecule has 1 fully saturated rings. The third-order valence-corrected chi connectivity index (χ3v) is 2.97. The van der Waals surface area contributed by atoms with Gasteiger partial charge in [-0.3, -0.25) is 9.59 Å². The number of aliphatic carboxylic acids is 2. The lowest BCUT2D eigenvalue weighted by Crippen LogP contribution is -2.44. The quantitative estimate of drug-likeness (QED) is 0.617. The minimum Gasteiger partial charge on any atom is -0.481 e. The van der Waals surface area contributed by atoms with Gasteiger partial charge < -0.3 is 15.5 Å². The second-order valence-electron chi connectivity index (χ2n) is 4.34. The molecule has 1 atom stereocenters. The Morgan fingerprint density at radius 3 is 2.12 bits per heavy atom. The minimum absolute atomic E-state index is 0.156. The molecular weight excluding hydrogens is 210 g/mol. The van der Waals surface area contributed by atoms with Gasteiger partial charge in [-0.2, -0.15) is 0 Å². The molecule has 1 unspecified atom stereocenters. The molecule has 92 valence electrons. The molecule has 3 N–H and O–H groups in total. The summed E-state index contributed by atoms with van der Waals surface area (Å²) >= 11 is 0. The molecule has 0 heterocycles. The largest absolute Gasteiger partial charge is 0.481 e. The molecule has 1 saturated carbocycles. The fourth-order valence-electron chi connectivity index (χ4n) is 2.12. The van der Waals surface area contributed by atoms with Gasteiger partial charge in [0.2, 0.25) is 0 Å². The molecule has 0 amide bonds. The van der Waals surface area contributed by atoms with Gasteiger partial charge in [-0.05, 0) is 12.8 Å². The number of hydrogen-bond acceptors (Lipinski definition) is 3. The van der Waals surface area contributed by atoms with Crippen LogP contribution in [0, 0.1) is 0 Å². The van der Waals surface area contributed by atoms with Crippen molar-refractivity contribution in [1.29, 1.82) is 0 Å². The van der Waals surface area contributed by atoms with Gasteiger partial charge in [0.25, 0.3) is 0 Å². The highest BCUT2D eigenvalue weighted by Crippen LogP contribution is 2.18. The normalized spacial score (nSPS) is 20.0. The van der Waals surface area contributed by atoms with Crippen LogP contribution in [0.2, 0.25) is 0 Å². The predicted molar refractivity (Wildman–Crippen MR) is 58.3 cm³/mol. The third kappa shape index (κ3) is 4.61. The first-order valence-electron chi connectivity index (χ1n) is 5.80. The van der Waals surface area contributed by atoms with E-state index in [1.165, 1.54) is 12.8 Å². The van der Waals surface area contributed by atoms with Crippen molar-refractivity contribution in [3.8, 4) is 0 Å². The van der Waals surface area contributed by atoms with E-state index < -0.39 is 18.0 Å². The van der Waals surface area contributed by atoms with Crippen LogP contribution in [0.3, 0.4) is 0 Å². The lowest BCUT2D eigenvalue weighted by Gasteiger charge is -2.20. The zero-order valence-electron chi connectivity index (χ0n) is 9.32. The van der Waals surface area contributed by atoms with E-state index in [0.717, 1.165) is 25.7 Å². The summed E-state index contributed by atoms with van der Waals surface area (Å²) in [5.41, 5.74) is 0.